The van der Waals surface area contributed by atoms with Crippen LogP contribution in [0.25, 0.3) is 11.6 Å². The maximum absolute atomic E-state index is 13.4. The number of nitrogens with zero attached hydrogens (tertiary/aromatic N) is 3. The Kier molecular flexibility index (Phi) is 5.80. The maximum Gasteiger partial charge on any atom is 0.216 e. The van der Waals surface area contributed by atoms with Crippen LogP contribution >= 0.6 is 0 Å². The van der Waals surface area contributed by atoms with Gasteiger partial charge in [-0.1, -0.05) is 6.07 Å². The first-order chi connectivity index (χ1) is 13.1. The highest BCUT2D eigenvalue weighted by atomic mass is 19.2. The van der Waals surface area contributed by atoms with E-state index in [1.165, 1.54) is 12.1 Å². The lowest BCUT2D eigenvalue weighted by atomic mass is 10.1. The molecule has 1 unspecified atom stereocenters. The molecular formula is C18H20F2N6O. The van der Waals surface area contributed by atoms with Gasteiger partial charge in [-0.3, -0.25) is 5.10 Å². The molecule has 2 aromatic heterocycles. The first kappa shape index (κ1) is 18.6. The predicted molar refractivity (Wildman–Crippen MR) is 96.8 cm³/mol. The Morgan fingerprint density at radius 3 is 2.85 bits per heavy atom. The van der Waals surface area contributed by atoms with E-state index in [4.69, 9.17) is 4.42 Å². The van der Waals surface area contributed by atoms with Gasteiger partial charge in [-0.05, 0) is 43.7 Å². The molecule has 1 atom stereocenters. The lowest BCUT2D eigenvalue weighted by Gasteiger charge is -2.18. The number of aromatic nitrogens is 3. The number of benzene rings is 1. The molecule has 2 heterocycles. The van der Waals surface area contributed by atoms with Gasteiger partial charge >= 0.3 is 0 Å². The van der Waals surface area contributed by atoms with Gasteiger partial charge in [0.25, 0.3) is 0 Å². The van der Waals surface area contributed by atoms with Crippen molar-refractivity contribution in [3.05, 3.63) is 59.6 Å². The summed E-state index contributed by atoms with van der Waals surface area (Å²) in [5, 5.41) is 13.2. The van der Waals surface area contributed by atoms with E-state index in [0.29, 0.717) is 35.5 Å². The van der Waals surface area contributed by atoms with Gasteiger partial charge in [0.05, 0.1) is 12.3 Å². The zero-order chi connectivity index (χ0) is 19.2. The number of halogens is 2. The fraction of sp³-hybridized carbons (Fsp3) is 0.278. The van der Waals surface area contributed by atoms with Crippen LogP contribution < -0.4 is 10.6 Å². The Morgan fingerprint density at radius 1 is 1.30 bits per heavy atom. The second kappa shape index (κ2) is 8.43. The topological polar surface area (TPSA) is 91.1 Å². The van der Waals surface area contributed by atoms with Crippen LogP contribution in [0.1, 0.15) is 31.3 Å². The molecule has 3 N–H and O–H groups in total. The number of furan rings is 1. The molecule has 9 heteroatoms. The van der Waals surface area contributed by atoms with E-state index in [9.17, 15) is 8.78 Å². The standard InChI is InChI=1S/C18H20F2N6O/c1-3-21-18(23-11(2)12-6-7-13(19)14(20)9-12)22-10-16-24-17(26-25-16)15-5-4-8-27-15/h4-9,11H,3,10H2,1-2H3,(H2,21,22,23)(H,24,25,26). The van der Waals surface area contributed by atoms with Crippen LogP contribution in [0, 0.1) is 11.6 Å². The molecule has 0 aliphatic carbocycles. The SMILES string of the molecule is CCNC(=NCc1nc(-c2ccco2)n[nH]1)NC(C)c1ccc(F)c(F)c1. The molecule has 0 saturated heterocycles. The summed E-state index contributed by atoms with van der Waals surface area (Å²) in [6.07, 6.45) is 1.55. The third kappa shape index (κ3) is 4.69. The highest BCUT2D eigenvalue weighted by molar-refractivity contribution is 5.80. The maximum atomic E-state index is 13.4. The summed E-state index contributed by atoms with van der Waals surface area (Å²) < 4.78 is 31.8. The van der Waals surface area contributed by atoms with Crippen molar-refractivity contribution in [2.75, 3.05) is 6.54 Å². The van der Waals surface area contributed by atoms with Gasteiger partial charge in [0.15, 0.2) is 23.4 Å². The summed E-state index contributed by atoms with van der Waals surface area (Å²) >= 11 is 0. The molecule has 0 amide bonds. The lowest BCUT2D eigenvalue weighted by Crippen LogP contribution is -2.38. The number of H-pyrrole nitrogens is 1. The van der Waals surface area contributed by atoms with Crippen molar-refractivity contribution in [2.45, 2.75) is 26.4 Å². The van der Waals surface area contributed by atoms with Crippen molar-refractivity contribution >= 4 is 5.96 Å². The average Bonchev–Trinajstić information content (AvgIpc) is 3.33. The molecule has 0 fully saturated rings. The smallest absolute Gasteiger partial charge is 0.216 e. The zero-order valence-corrected chi connectivity index (χ0v) is 15.0. The van der Waals surface area contributed by atoms with Gasteiger partial charge < -0.3 is 15.1 Å². The predicted octanol–water partition coefficient (Wildman–Crippen LogP) is 3.16. The normalized spacial score (nSPS) is 12.8. The van der Waals surface area contributed by atoms with Crippen molar-refractivity contribution in [1.82, 2.24) is 25.8 Å². The minimum Gasteiger partial charge on any atom is -0.461 e. The van der Waals surface area contributed by atoms with Crippen LogP contribution in [0.3, 0.4) is 0 Å². The summed E-state index contributed by atoms with van der Waals surface area (Å²) in [6, 6.07) is 7.07. The molecule has 1 aromatic carbocycles. The molecule has 7 nitrogen and oxygen atoms in total. The molecule has 0 spiro atoms. The highest BCUT2D eigenvalue weighted by Gasteiger charge is 2.12. The van der Waals surface area contributed by atoms with Crippen LogP contribution in [0.15, 0.2) is 46.0 Å². The van der Waals surface area contributed by atoms with E-state index in [-0.39, 0.29) is 12.6 Å². The third-order valence-corrected chi connectivity index (χ3v) is 3.80. The second-order valence-electron chi connectivity index (χ2n) is 5.82. The summed E-state index contributed by atoms with van der Waals surface area (Å²) in [4.78, 5) is 8.78. The average molecular weight is 374 g/mol. The van der Waals surface area contributed by atoms with Gasteiger partial charge in [-0.25, -0.2) is 18.8 Å². The first-order valence-electron chi connectivity index (χ1n) is 8.51. The van der Waals surface area contributed by atoms with Crippen LogP contribution in [0.5, 0.6) is 0 Å². The Morgan fingerprint density at radius 2 is 2.15 bits per heavy atom. The summed E-state index contributed by atoms with van der Waals surface area (Å²) in [6.45, 7) is 4.67. The number of rotatable bonds is 6. The Bertz CT molecular complexity index is 906. The second-order valence-corrected chi connectivity index (χ2v) is 5.82. The number of hydrogen-bond donors (Lipinski definition) is 3. The van der Waals surface area contributed by atoms with E-state index in [2.05, 4.69) is 30.8 Å². The molecular weight excluding hydrogens is 354 g/mol. The molecule has 0 bridgehead atoms. The molecule has 3 rings (SSSR count). The Hall–Kier alpha value is -3.23. The Labute approximate surface area is 154 Å². The van der Waals surface area contributed by atoms with Crippen molar-refractivity contribution in [3.8, 4) is 11.6 Å². The van der Waals surface area contributed by atoms with Crippen molar-refractivity contribution < 1.29 is 13.2 Å². The van der Waals surface area contributed by atoms with Crippen LogP contribution in [0.4, 0.5) is 8.78 Å². The largest absolute Gasteiger partial charge is 0.461 e. The van der Waals surface area contributed by atoms with E-state index in [1.54, 1.807) is 18.4 Å². The van der Waals surface area contributed by atoms with Gasteiger partial charge in [-0.15, -0.1) is 5.10 Å². The van der Waals surface area contributed by atoms with E-state index in [0.717, 1.165) is 6.07 Å². The van der Waals surface area contributed by atoms with Crippen LogP contribution in [-0.4, -0.2) is 27.7 Å². The number of nitrogens with one attached hydrogen (secondary N) is 3. The first-order valence-corrected chi connectivity index (χ1v) is 8.51. The van der Waals surface area contributed by atoms with Gasteiger partial charge in [-0.2, -0.15) is 0 Å². The minimum absolute atomic E-state index is 0.257. The molecule has 142 valence electrons. The van der Waals surface area contributed by atoms with E-state index in [1.807, 2.05) is 13.8 Å². The fourth-order valence-electron chi connectivity index (χ4n) is 2.43. The molecule has 0 radical (unpaired) electrons. The van der Waals surface area contributed by atoms with Gasteiger partial charge in [0.2, 0.25) is 5.82 Å². The molecule has 3 aromatic rings. The van der Waals surface area contributed by atoms with Crippen LogP contribution in [0.2, 0.25) is 0 Å². The summed E-state index contributed by atoms with van der Waals surface area (Å²) in [5.41, 5.74) is 0.610. The van der Waals surface area contributed by atoms with Gasteiger partial charge in [0, 0.05) is 6.54 Å². The van der Waals surface area contributed by atoms with E-state index < -0.39 is 11.6 Å². The molecule has 0 aliphatic rings. The third-order valence-electron chi connectivity index (χ3n) is 3.80. The number of aliphatic imine (C=N–C) groups is 1. The van der Waals surface area contributed by atoms with Crippen molar-refractivity contribution in [1.29, 1.82) is 0 Å². The number of guanidine groups is 1. The van der Waals surface area contributed by atoms with Gasteiger partial charge in [0.1, 0.15) is 12.4 Å². The minimum atomic E-state index is -0.879. The monoisotopic (exact) mass is 374 g/mol. The number of hydrogen-bond acceptors (Lipinski definition) is 4. The van der Waals surface area contributed by atoms with Crippen LogP contribution in [-0.2, 0) is 6.54 Å². The summed E-state index contributed by atoms with van der Waals surface area (Å²) in [5.74, 6) is 0.362. The molecule has 0 aliphatic heterocycles. The quantitative estimate of drug-likeness (QED) is 0.455. The Balaban J connectivity index is 1.68. The molecule has 0 saturated carbocycles. The highest BCUT2D eigenvalue weighted by Crippen LogP contribution is 2.16. The summed E-state index contributed by atoms with van der Waals surface area (Å²) in [7, 11) is 0. The van der Waals surface area contributed by atoms with Crippen molar-refractivity contribution in [2.24, 2.45) is 4.99 Å². The lowest BCUT2D eigenvalue weighted by molar-refractivity contribution is 0.504. The van der Waals surface area contributed by atoms with E-state index >= 15 is 0 Å². The zero-order valence-electron chi connectivity index (χ0n) is 15.0. The van der Waals surface area contributed by atoms with Crippen molar-refractivity contribution in [3.63, 3.8) is 0 Å². The fourth-order valence-corrected chi connectivity index (χ4v) is 2.43. The number of aromatic amines is 1. The molecule has 27 heavy (non-hydrogen) atoms.